The van der Waals surface area contributed by atoms with Crippen LogP contribution in [0.4, 0.5) is 0 Å². The van der Waals surface area contributed by atoms with Crippen LogP contribution in [0, 0.1) is 5.92 Å². The second-order valence-corrected chi connectivity index (χ2v) is 21.3. The molecule has 0 amide bonds. The topological polar surface area (TPSA) is 38.7 Å². The van der Waals surface area contributed by atoms with E-state index in [4.69, 9.17) is 8.85 Å². The van der Waals surface area contributed by atoms with E-state index in [1.54, 1.807) is 0 Å². The molecule has 1 N–H and O–H groups in total. The molecule has 0 rings (SSSR count). The van der Waals surface area contributed by atoms with Gasteiger partial charge in [-0.25, -0.2) is 0 Å². The molecule has 3 atom stereocenters. The van der Waals surface area contributed by atoms with E-state index in [1.807, 2.05) is 0 Å². The molecule has 0 fully saturated rings. The molecule has 0 bridgehead atoms. The Balaban J connectivity index is 4.99. The fourth-order valence-electron chi connectivity index (χ4n) is 2.77. The number of aliphatic hydroxyl groups is 1. The van der Waals surface area contributed by atoms with Crippen LogP contribution >= 0.6 is 0 Å². The van der Waals surface area contributed by atoms with Gasteiger partial charge in [0.1, 0.15) is 0 Å². The molecule has 0 aliphatic heterocycles. The Morgan fingerprint density at radius 1 is 0.833 bits per heavy atom. The highest BCUT2D eigenvalue weighted by molar-refractivity contribution is 6.74. The van der Waals surface area contributed by atoms with Gasteiger partial charge in [-0.3, -0.25) is 0 Å². The van der Waals surface area contributed by atoms with Crippen molar-refractivity contribution in [3.8, 4) is 0 Å². The average molecular weight is 457 g/mol. The molecule has 0 radical (unpaired) electrons. The Morgan fingerprint density at radius 2 is 1.30 bits per heavy atom. The summed E-state index contributed by atoms with van der Waals surface area (Å²) in [6.07, 6.45) is 11.6. The maximum atomic E-state index is 9.56. The van der Waals surface area contributed by atoms with Crippen molar-refractivity contribution in [1.29, 1.82) is 0 Å². The van der Waals surface area contributed by atoms with E-state index >= 15 is 0 Å². The zero-order chi connectivity index (χ0) is 23.8. The summed E-state index contributed by atoms with van der Waals surface area (Å²) >= 11 is 0. The third-order valence-corrected chi connectivity index (χ3v) is 16.0. The van der Waals surface area contributed by atoms with Gasteiger partial charge in [-0.05, 0) is 68.4 Å². The number of rotatable bonds is 12. The van der Waals surface area contributed by atoms with E-state index in [0.717, 1.165) is 12.8 Å². The average Bonchev–Trinajstić information content (AvgIpc) is 2.55. The third kappa shape index (κ3) is 9.94. The molecule has 0 saturated heterocycles. The third-order valence-electron chi connectivity index (χ3n) is 7.00. The van der Waals surface area contributed by atoms with Gasteiger partial charge in [-0.1, -0.05) is 72.8 Å². The standard InChI is InChI=1S/C25H52O3Si2/c1-13-16-22(27-29(9,10)24(3,4)5)18-15-14-17-21(2)23(19-20-26)28-30(11,12)25(6,7)8/h13-16,21-23,26H,17-20H2,1-12H3/b15-14+,16-13+/t21-,22-,23-/m0/s1. The fraction of sp³-hybridized carbons (Fsp3) is 0.840. The van der Waals surface area contributed by atoms with Crippen LogP contribution in [0.25, 0.3) is 0 Å². The molecule has 178 valence electrons. The quantitative estimate of drug-likeness (QED) is 0.241. The normalized spacial score (nSPS) is 17.6. The summed E-state index contributed by atoms with van der Waals surface area (Å²) in [5.74, 6) is 0.379. The number of aliphatic hydroxyl groups excluding tert-OH is 1. The van der Waals surface area contributed by atoms with Crippen LogP contribution in [-0.4, -0.2) is 40.6 Å². The molecular weight excluding hydrogens is 404 g/mol. The predicted octanol–water partition coefficient (Wildman–Crippen LogP) is 7.70. The van der Waals surface area contributed by atoms with Crippen molar-refractivity contribution in [3.63, 3.8) is 0 Å². The molecule has 0 aliphatic rings. The lowest BCUT2D eigenvalue weighted by Gasteiger charge is -2.40. The van der Waals surface area contributed by atoms with Crippen LogP contribution in [0.1, 0.15) is 74.7 Å². The minimum atomic E-state index is -1.85. The molecule has 0 saturated carbocycles. The predicted molar refractivity (Wildman–Crippen MR) is 138 cm³/mol. The second-order valence-electron chi connectivity index (χ2n) is 11.8. The minimum Gasteiger partial charge on any atom is -0.414 e. The van der Waals surface area contributed by atoms with Gasteiger partial charge in [0.15, 0.2) is 16.6 Å². The number of hydrogen-bond acceptors (Lipinski definition) is 3. The number of allylic oxidation sites excluding steroid dienone is 2. The zero-order valence-corrected chi connectivity index (χ0v) is 24.1. The van der Waals surface area contributed by atoms with Crippen LogP contribution in [0.15, 0.2) is 24.3 Å². The highest BCUT2D eigenvalue weighted by atomic mass is 28.4. The first kappa shape index (κ1) is 29.8. The van der Waals surface area contributed by atoms with Gasteiger partial charge >= 0.3 is 0 Å². The van der Waals surface area contributed by atoms with Gasteiger partial charge in [0, 0.05) is 6.61 Å². The fourth-order valence-corrected chi connectivity index (χ4v) is 5.52. The second kappa shape index (κ2) is 12.1. The van der Waals surface area contributed by atoms with Crippen molar-refractivity contribution in [3.05, 3.63) is 24.3 Å². The van der Waals surface area contributed by atoms with Crippen LogP contribution in [0.2, 0.25) is 36.3 Å². The van der Waals surface area contributed by atoms with E-state index in [1.165, 1.54) is 0 Å². The van der Waals surface area contributed by atoms with Crippen LogP contribution in [-0.2, 0) is 8.85 Å². The molecule has 0 aromatic heterocycles. The molecule has 3 nitrogen and oxygen atoms in total. The maximum absolute atomic E-state index is 9.56. The molecule has 0 unspecified atom stereocenters. The molecule has 0 heterocycles. The Bertz CT molecular complexity index is 540. The van der Waals surface area contributed by atoms with Gasteiger partial charge in [-0.2, -0.15) is 0 Å². The summed E-state index contributed by atoms with van der Waals surface area (Å²) in [6.45, 7) is 27.3. The van der Waals surface area contributed by atoms with Crippen molar-refractivity contribution in [2.45, 2.75) is 123 Å². The first-order valence-corrected chi connectivity index (χ1v) is 17.5. The van der Waals surface area contributed by atoms with Gasteiger partial charge in [0.25, 0.3) is 0 Å². The first-order valence-electron chi connectivity index (χ1n) is 11.7. The summed E-state index contributed by atoms with van der Waals surface area (Å²) in [6, 6.07) is 0. The molecule has 0 spiro atoms. The monoisotopic (exact) mass is 456 g/mol. The van der Waals surface area contributed by atoms with Gasteiger partial charge in [0.2, 0.25) is 0 Å². The Hall–Kier alpha value is -0.206. The summed E-state index contributed by atoms with van der Waals surface area (Å²) in [7, 11) is -3.64. The Labute approximate surface area is 190 Å². The zero-order valence-electron chi connectivity index (χ0n) is 22.1. The molecular formula is C25H52O3Si2. The van der Waals surface area contributed by atoms with Crippen LogP contribution < -0.4 is 0 Å². The van der Waals surface area contributed by atoms with E-state index in [9.17, 15) is 5.11 Å². The van der Waals surface area contributed by atoms with Gasteiger partial charge in [0.05, 0.1) is 12.2 Å². The smallest absolute Gasteiger partial charge is 0.192 e. The highest BCUT2D eigenvalue weighted by Crippen LogP contribution is 2.39. The van der Waals surface area contributed by atoms with E-state index in [0.29, 0.717) is 12.3 Å². The van der Waals surface area contributed by atoms with Crippen molar-refractivity contribution in [1.82, 2.24) is 0 Å². The molecule has 0 aromatic carbocycles. The molecule has 0 aliphatic carbocycles. The van der Waals surface area contributed by atoms with E-state index in [-0.39, 0.29) is 28.9 Å². The minimum absolute atomic E-state index is 0.107. The van der Waals surface area contributed by atoms with Crippen LogP contribution in [0.3, 0.4) is 0 Å². The summed E-state index contributed by atoms with van der Waals surface area (Å²) in [4.78, 5) is 0. The summed E-state index contributed by atoms with van der Waals surface area (Å²) < 4.78 is 13.2. The highest BCUT2D eigenvalue weighted by Gasteiger charge is 2.40. The lowest BCUT2D eigenvalue weighted by atomic mass is 9.98. The van der Waals surface area contributed by atoms with Crippen LogP contribution in [0.5, 0.6) is 0 Å². The van der Waals surface area contributed by atoms with Gasteiger partial charge < -0.3 is 14.0 Å². The van der Waals surface area contributed by atoms with Crippen molar-refractivity contribution in [2.75, 3.05) is 6.61 Å². The van der Waals surface area contributed by atoms with E-state index in [2.05, 4.69) is 106 Å². The van der Waals surface area contributed by atoms with Crippen molar-refractivity contribution >= 4 is 16.6 Å². The number of hydrogen-bond donors (Lipinski definition) is 1. The largest absolute Gasteiger partial charge is 0.414 e. The van der Waals surface area contributed by atoms with Gasteiger partial charge in [-0.15, -0.1) is 0 Å². The lowest BCUT2D eigenvalue weighted by Crippen LogP contribution is -2.45. The maximum Gasteiger partial charge on any atom is 0.192 e. The SMILES string of the molecule is C/C=C/[C@@H](C/C=C/C[C@H](C)[C@H](CCO)O[Si](C)(C)C(C)(C)C)O[Si](C)(C)C(C)(C)C. The van der Waals surface area contributed by atoms with Crippen molar-refractivity contribution < 1.29 is 14.0 Å². The Kier molecular flexibility index (Phi) is 12.1. The van der Waals surface area contributed by atoms with E-state index < -0.39 is 16.6 Å². The first-order chi connectivity index (χ1) is 13.5. The summed E-state index contributed by atoms with van der Waals surface area (Å²) in [5, 5.41) is 9.95. The van der Waals surface area contributed by atoms with Crippen molar-refractivity contribution in [2.24, 2.45) is 5.92 Å². The molecule has 5 heteroatoms. The lowest BCUT2D eigenvalue weighted by molar-refractivity contribution is 0.0953. The molecule has 30 heavy (non-hydrogen) atoms. The Morgan fingerprint density at radius 3 is 1.73 bits per heavy atom. The summed E-state index contributed by atoms with van der Waals surface area (Å²) in [5.41, 5.74) is 0. The molecule has 0 aromatic rings.